The van der Waals surface area contributed by atoms with Crippen molar-refractivity contribution in [2.24, 2.45) is 11.8 Å². The predicted octanol–water partition coefficient (Wildman–Crippen LogP) is 5.03. The van der Waals surface area contributed by atoms with E-state index in [9.17, 15) is 19.2 Å². The van der Waals surface area contributed by atoms with Crippen LogP contribution in [0, 0.1) is 18.8 Å². The van der Waals surface area contributed by atoms with Gasteiger partial charge in [0, 0.05) is 27.9 Å². The average molecular weight is 523 g/mol. The fraction of sp³-hybridized carbons (Fsp3) is 0.161. The Morgan fingerprint density at radius 1 is 0.789 bits per heavy atom. The molecule has 6 nitrogen and oxygen atoms in total. The minimum atomic E-state index is -0.904. The van der Waals surface area contributed by atoms with Gasteiger partial charge >= 0.3 is 0 Å². The lowest BCUT2D eigenvalue weighted by atomic mass is 9.85. The van der Waals surface area contributed by atoms with E-state index in [-0.39, 0.29) is 17.5 Å². The number of carbonyl (C=O) groups is 4. The zero-order valence-electron chi connectivity index (χ0n) is 20.5. The Bertz CT molecular complexity index is 1530. The normalized spacial score (nSPS) is 23.8. The molecule has 3 aliphatic rings. The zero-order chi connectivity index (χ0) is 26.6. The van der Waals surface area contributed by atoms with Crippen LogP contribution in [0.4, 0.5) is 5.69 Å². The molecule has 4 atom stereocenters. The van der Waals surface area contributed by atoms with Crippen molar-refractivity contribution >= 4 is 40.7 Å². The average Bonchev–Trinajstić information content (AvgIpc) is 3.41. The van der Waals surface area contributed by atoms with Gasteiger partial charge in [-0.1, -0.05) is 65.7 Å². The molecule has 2 fully saturated rings. The van der Waals surface area contributed by atoms with E-state index in [2.05, 4.69) is 0 Å². The smallest absolute Gasteiger partial charge is 0.240 e. The molecule has 0 unspecified atom stereocenters. The zero-order valence-corrected chi connectivity index (χ0v) is 21.2. The van der Waals surface area contributed by atoms with E-state index < -0.39 is 29.8 Å². The highest BCUT2D eigenvalue weighted by Crippen LogP contribution is 2.47. The number of anilines is 1. The van der Waals surface area contributed by atoms with Gasteiger partial charge in [-0.2, -0.15) is 0 Å². The van der Waals surface area contributed by atoms with Gasteiger partial charge in [-0.3, -0.25) is 19.2 Å². The first-order valence-corrected chi connectivity index (χ1v) is 12.7. The van der Waals surface area contributed by atoms with E-state index in [0.717, 1.165) is 5.56 Å². The first kappa shape index (κ1) is 24.1. The molecular weight excluding hydrogens is 500 g/mol. The van der Waals surface area contributed by atoms with Crippen molar-refractivity contribution in [3.63, 3.8) is 0 Å². The second-order valence-electron chi connectivity index (χ2n) is 9.79. The first-order valence-electron chi connectivity index (χ1n) is 12.4. The Morgan fingerprint density at radius 3 is 2.13 bits per heavy atom. The van der Waals surface area contributed by atoms with Gasteiger partial charge in [-0.05, 0) is 49.4 Å². The Morgan fingerprint density at radius 2 is 1.45 bits per heavy atom. The monoisotopic (exact) mass is 522 g/mol. The number of carbonyl (C=O) groups excluding carboxylic acids is 4. The van der Waals surface area contributed by atoms with Crippen molar-refractivity contribution in [3.8, 4) is 0 Å². The van der Waals surface area contributed by atoms with Crippen molar-refractivity contribution in [3.05, 3.63) is 125 Å². The van der Waals surface area contributed by atoms with E-state index in [1.807, 2.05) is 25.1 Å². The third-order valence-electron chi connectivity index (χ3n) is 7.54. The minimum Gasteiger partial charge on any atom is -0.359 e. The van der Waals surface area contributed by atoms with Crippen LogP contribution in [-0.4, -0.2) is 40.4 Å². The lowest BCUT2D eigenvalue weighted by molar-refractivity contribution is -0.123. The number of imide groups is 1. The Balaban J connectivity index is 1.43. The van der Waals surface area contributed by atoms with Crippen LogP contribution in [-0.2, 0) is 9.59 Å². The molecule has 7 heteroatoms. The minimum absolute atomic E-state index is 0.183. The fourth-order valence-corrected chi connectivity index (χ4v) is 5.81. The molecule has 6 rings (SSSR count). The fourth-order valence-electron chi connectivity index (χ4n) is 5.69. The highest BCUT2D eigenvalue weighted by Gasteiger charge is 2.63. The summed E-state index contributed by atoms with van der Waals surface area (Å²) in [6.45, 7) is 1.93. The molecule has 2 saturated heterocycles. The van der Waals surface area contributed by atoms with Gasteiger partial charge in [0.15, 0.2) is 11.6 Å². The summed E-state index contributed by atoms with van der Waals surface area (Å²) in [5.41, 5.74) is 2.82. The number of benzene rings is 3. The topological polar surface area (TPSA) is 74.8 Å². The number of aryl methyl sites for hydroxylation is 1. The molecule has 3 aromatic rings. The quantitative estimate of drug-likeness (QED) is 0.347. The van der Waals surface area contributed by atoms with Crippen LogP contribution >= 0.6 is 11.6 Å². The van der Waals surface area contributed by atoms with E-state index in [1.165, 1.54) is 4.90 Å². The number of fused-ring (bicyclic) bond motifs is 3. The third-order valence-corrected chi connectivity index (χ3v) is 7.79. The van der Waals surface area contributed by atoms with Crippen molar-refractivity contribution < 1.29 is 19.2 Å². The maximum Gasteiger partial charge on any atom is 0.240 e. The van der Waals surface area contributed by atoms with Crippen LogP contribution in [0.3, 0.4) is 0 Å². The van der Waals surface area contributed by atoms with Crippen LogP contribution < -0.4 is 4.90 Å². The Labute approximate surface area is 224 Å². The van der Waals surface area contributed by atoms with Crippen molar-refractivity contribution in [2.45, 2.75) is 19.0 Å². The number of hydrogen-bond acceptors (Lipinski definition) is 5. The van der Waals surface area contributed by atoms with Crippen LogP contribution in [0.2, 0.25) is 5.02 Å². The summed E-state index contributed by atoms with van der Waals surface area (Å²) in [5.74, 6) is -2.95. The second kappa shape index (κ2) is 9.23. The molecule has 3 heterocycles. The van der Waals surface area contributed by atoms with Gasteiger partial charge in [0.2, 0.25) is 11.8 Å². The standard InChI is InChI=1S/C31H23ClN2O4/c1-18-7-13-23(14-8-18)34-30(37)25-24-17-21(28(35)19-5-3-2-4-6-19)15-16-33(24)27(26(25)31(34)38)29(36)20-9-11-22(32)12-10-20/h2-17,24-27H,1H3/t24-,25-,26-,27+/m0/s1. The van der Waals surface area contributed by atoms with E-state index in [4.69, 9.17) is 11.6 Å². The van der Waals surface area contributed by atoms with E-state index >= 15 is 0 Å². The van der Waals surface area contributed by atoms with Gasteiger partial charge in [0.25, 0.3) is 0 Å². The van der Waals surface area contributed by atoms with Gasteiger partial charge in [-0.25, -0.2) is 4.90 Å². The largest absolute Gasteiger partial charge is 0.359 e. The van der Waals surface area contributed by atoms with Gasteiger partial charge < -0.3 is 4.90 Å². The van der Waals surface area contributed by atoms with Crippen LogP contribution in [0.5, 0.6) is 0 Å². The number of hydrogen-bond donors (Lipinski definition) is 0. The van der Waals surface area contributed by atoms with E-state index in [1.54, 1.807) is 83.9 Å². The summed E-state index contributed by atoms with van der Waals surface area (Å²) in [4.78, 5) is 57.7. The molecular formula is C31H23ClN2O4. The highest BCUT2D eigenvalue weighted by molar-refractivity contribution is 6.30. The molecule has 3 aromatic carbocycles. The number of halogens is 1. The molecule has 0 radical (unpaired) electrons. The SMILES string of the molecule is Cc1ccc(N2C(=O)[C@@H]3[C@H](C2=O)[C@H](C(=O)c2ccc(Cl)cc2)N2C=CC(C(=O)c4ccccc4)=C[C@@H]32)cc1. The Hall–Kier alpha value is -4.29. The lowest BCUT2D eigenvalue weighted by Crippen LogP contribution is -2.46. The summed E-state index contributed by atoms with van der Waals surface area (Å²) in [6, 6.07) is 21.0. The summed E-state index contributed by atoms with van der Waals surface area (Å²) >= 11 is 6.03. The molecule has 0 saturated carbocycles. The maximum absolute atomic E-state index is 13.9. The number of Topliss-reactive ketones (excluding diaryl/α,β-unsaturated/α-hetero) is 2. The predicted molar refractivity (Wildman–Crippen MR) is 144 cm³/mol. The number of nitrogens with zero attached hydrogens (tertiary/aromatic N) is 2. The molecule has 0 N–H and O–H groups in total. The summed E-state index contributed by atoms with van der Waals surface area (Å²) in [7, 11) is 0. The number of allylic oxidation sites excluding steroid dienone is 2. The molecule has 0 spiro atoms. The van der Waals surface area contributed by atoms with Gasteiger partial charge in [0.05, 0.1) is 23.6 Å². The molecule has 0 aromatic heterocycles. The van der Waals surface area contributed by atoms with Gasteiger partial charge in [0.1, 0.15) is 6.04 Å². The van der Waals surface area contributed by atoms with Gasteiger partial charge in [-0.15, -0.1) is 0 Å². The molecule has 3 aliphatic heterocycles. The maximum atomic E-state index is 13.9. The summed E-state index contributed by atoms with van der Waals surface area (Å²) in [6.07, 6.45) is 5.06. The lowest BCUT2D eigenvalue weighted by Gasteiger charge is -2.32. The molecule has 188 valence electrons. The molecule has 2 amide bonds. The van der Waals surface area contributed by atoms with Crippen LogP contribution in [0.25, 0.3) is 0 Å². The number of amides is 2. The number of rotatable bonds is 5. The van der Waals surface area contributed by atoms with Crippen molar-refractivity contribution in [2.75, 3.05) is 4.90 Å². The highest BCUT2D eigenvalue weighted by atomic mass is 35.5. The number of ketones is 2. The molecule has 0 aliphatic carbocycles. The summed E-state index contributed by atoms with van der Waals surface area (Å²) < 4.78 is 0. The second-order valence-corrected chi connectivity index (χ2v) is 10.2. The molecule has 0 bridgehead atoms. The van der Waals surface area contributed by atoms with Crippen molar-refractivity contribution in [1.82, 2.24) is 4.90 Å². The van der Waals surface area contributed by atoms with Crippen molar-refractivity contribution in [1.29, 1.82) is 0 Å². The Kier molecular flexibility index (Phi) is 5.84. The van der Waals surface area contributed by atoms with Crippen LogP contribution in [0.15, 0.2) is 103 Å². The van der Waals surface area contributed by atoms with E-state index in [0.29, 0.717) is 27.4 Å². The third kappa shape index (κ3) is 3.80. The van der Waals surface area contributed by atoms with Crippen LogP contribution in [0.1, 0.15) is 26.3 Å². The summed E-state index contributed by atoms with van der Waals surface area (Å²) in [5, 5.41) is 0.492. The first-order chi connectivity index (χ1) is 18.3. The molecule has 38 heavy (non-hydrogen) atoms.